The molecule has 0 bridgehead atoms. The van der Waals surface area contributed by atoms with Crippen molar-refractivity contribution in [3.63, 3.8) is 0 Å². The average Bonchev–Trinajstić information content (AvgIpc) is 3.09. The molecule has 0 radical (unpaired) electrons. The van der Waals surface area contributed by atoms with Gasteiger partial charge in [-0.05, 0) is 56.2 Å². The van der Waals surface area contributed by atoms with E-state index in [1.165, 1.54) is 5.56 Å². The quantitative estimate of drug-likeness (QED) is 0.721. The lowest BCUT2D eigenvalue weighted by Gasteiger charge is -2.35. The van der Waals surface area contributed by atoms with Gasteiger partial charge in [-0.3, -0.25) is 4.79 Å². The monoisotopic (exact) mass is 389 g/mol. The van der Waals surface area contributed by atoms with Crippen LogP contribution in [0.1, 0.15) is 54.0 Å². The molecule has 1 atom stereocenters. The molecule has 0 aliphatic carbocycles. The van der Waals surface area contributed by atoms with E-state index in [1.54, 1.807) is 12.1 Å². The lowest BCUT2D eigenvalue weighted by molar-refractivity contribution is 0.0565. The number of benzene rings is 1. The summed E-state index contributed by atoms with van der Waals surface area (Å²) in [4.78, 5) is 14.8. The topological polar surface area (TPSA) is 67.6 Å². The van der Waals surface area contributed by atoms with Crippen molar-refractivity contribution in [2.75, 3.05) is 12.8 Å². The Labute approximate surface area is 161 Å². The molecule has 2 heterocycles. The Morgan fingerprint density at radius 1 is 1.15 bits per heavy atom. The number of hydrogen-bond donors (Lipinski definition) is 0. The summed E-state index contributed by atoms with van der Waals surface area (Å²) in [7, 11) is -3.18. The van der Waals surface area contributed by atoms with Gasteiger partial charge in [-0.25, -0.2) is 8.42 Å². The van der Waals surface area contributed by atoms with E-state index in [2.05, 4.69) is 24.3 Å². The summed E-state index contributed by atoms with van der Waals surface area (Å²) in [5.74, 6) is 0.252. The highest BCUT2D eigenvalue weighted by Crippen LogP contribution is 2.24. The second kappa shape index (κ2) is 8.74. The van der Waals surface area contributed by atoms with E-state index in [4.69, 9.17) is 4.42 Å². The molecule has 2 aromatic rings. The Morgan fingerprint density at radius 3 is 2.67 bits per heavy atom. The third kappa shape index (κ3) is 5.70. The fourth-order valence-corrected chi connectivity index (χ4v) is 4.40. The Kier molecular flexibility index (Phi) is 6.37. The predicted octanol–water partition coefficient (Wildman–Crippen LogP) is 3.84. The van der Waals surface area contributed by atoms with Crippen LogP contribution in [0.25, 0.3) is 0 Å². The highest BCUT2D eigenvalue weighted by molar-refractivity contribution is 7.89. The normalized spacial score (nSPS) is 17.8. The Morgan fingerprint density at radius 2 is 1.93 bits per heavy atom. The molecule has 0 spiro atoms. The van der Waals surface area contributed by atoms with Crippen LogP contribution in [0.4, 0.5) is 0 Å². The maximum atomic E-state index is 12.9. The van der Waals surface area contributed by atoms with Gasteiger partial charge in [0.25, 0.3) is 5.91 Å². The molecule has 6 heteroatoms. The second-order valence-corrected chi connectivity index (χ2v) is 9.50. The Bertz CT molecular complexity index is 857. The van der Waals surface area contributed by atoms with E-state index < -0.39 is 9.84 Å². The van der Waals surface area contributed by atoms with Gasteiger partial charge in [0.1, 0.15) is 11.5 Å². The van der Waals surface area contributed by atoms with Crippen LogP contribution in [-0.2, 0) is 22.0 Å². The molecule has 1 aromatic carbocycles. The summed E-state index contributed by atoms with van der Waals surface area (Å²) in [6.45, 7) is 0.733. The van der Waals surface area contributed by atoms with Crippen molar-refractivity contribution in [2.45, 2.75) is 50.3 Å². The average molecular weight is 390 g/mol. The number of rotatable bonds is 7. The zero-order valence-electron chi connectivity index (χ0n) is 15.8. The number of carbonyl (C=O) groups is 1. The van der Waals surface area contributed by atoms with E-state index >= 15 is 0 Å². The molecule has 0 N–H and O–H groups in total. The highest BCUT2D eigenvalue weighted by Gasteiger charge is 2.29. The zero-order chi connectivity index (χ0) is 19.3. The van der Waals surface area contributed by atoms with Crippen molar-refractivity contribution in [1.82, 2.24) is 4.90 Å². The van der Waals surface area contributed by atoms with Gasteiger partial charge >= 0.3 is 0 Å². The van der Waals surface area contributed by atoms with Crippen LogP contribution < -0.4 is 0 Å². The summed E-state index contributed by atoms with van der Waals surface area (Å²) in [6, 6.07) is 13.8. The number of sulfone groups is 1. The minimum Gasteiger partial charge on any atom is -0.455 e. The van der Waals surface area contributed by atoms with Crippen LogP contribution in [0, 0.1) is 0 Å². The maximum Gasteiger partial charge on any atom is 0.289 e. The molecule has 3 rings (SSSR count). The van der Waals surface area contributed by atoms with E-state index in [0.717, 1.165) is 51.3 Å². The number of hydrogen-bond acceptors (Lipinski definition) is 4. The first-order valence-electron chi connectivity index (χ1n) is 9.54. The Hall–Kier alpha value is -2.08. The molecular weight excluding hydrogens is 362 g/mol. The minimum atomic E-state index is -3.18. The van der Waals surface area contributed by atoms with Crippen molar-refractivity contribution < 1.29 is 17.6 Å². The zero-order valence-corrected chi connectivity index (χ0v) is 16.6. The molecule has 27 heavy (non-hydrogen) atoms. The van der Waals surface area contributed by atoms with Crippen LogP contribution >= 0.6 is 0 Å². The van der Waals surface area contributed by atoms with Gasteiger partial charge < -0.3 is 9.32 Å². The van der Waals surface area contributed by atoms with Gasteiger partial charge in [0.2, 0.25) is 0 Å². The first-order chi connectivity index (χ1) is 12.9. The SMILES string of the molecule is CS(=O)(=O)Cc1ccc(C(=O)N2CCCC[C@@H]2CCCc2ccccc2)o1. The second-order valence-electron chi connectivity index (χ2n) is 7.36. The summed E-state index contributed by atoms with van der Waals surface area (Å²) in [5, 5.41) is 0. The van der Waals surface area contributed by atoms with Crippen molar-refractivity contribution in [2.24, 2.45) is 0 Å². The summed E-state index contributed by atoms with van der Waals surface area (Å²) < 4.78 is 28.4. The van der Waals surface area contributed by atoms with Gasteiger partial charge in [-0.2, -0.15) is 0 Å². The van der Waals surface area contributed by atoms with Crippen molar-refractivity contribution >= 4 is 15.7 Å². The molecule has 0 unspecified atom stereocenters. The standard InChI is InChI=1S/C21H27NO4S/c1-27(24,25)16-19-13-14-20(26-19)21(23)22-15-6-5-11-18(22)12-7-10-17-8-3-2-4-9-17/h2-4,8-9,13-14,18H,5-7,10-12,15-16H2,1H3/t18-/m1/s1. The van der Waals surface area contributed by atoms with Gasteiger partial charge in [0.15, 0.2) is 15.6 Å². The number of amides is 1. The lowest BCUT2D eigenvalue weighted by atomic mass is 9.95. The summed E-state index contributed by atoms with van der Waals surface area (Å²) in [6.07, 6.45) is 7.32. The third-order valence-electron chi connectivity index (χ3n) is 5.01. The molecule has 1 aromatic heterocycles. The van der Waals surface area contributed by atoms with Crippen molar-refractivity contribution in [1.29, 1.82) is 0 Å². The van der Waals surface area contributed by atoms with Crippen LogP contribution in [0.5, 0.6) is 0 Å². The molecule has 1 aliphatic heterocycles. The van der Waals surface area contributed by atoms with Gasteiger partial charge in [-0.15, -0.1) is 0 Å². The fraction of sp³-hybridized carbons (Fsp3) is 0.476. The first kappa shape index (κ1) is 19.7. The maximum absolute atomic E-state index is 12.9. The van der Waals surface area contributed by atoms with Crippen LogP contribution in [0.15, 0.2) is 46.9 Å². The first-order valence-corrected chi connectivity index (χ1v) is 11.6. The molecule has 1 saturated heterocycles. The number of likely N-dealkylation sites (tertiary alicyclic amines) is 1. The Balaban J connectivity index is 1.61. The van der Waals surface area contributed by atoms with E-state index in [0.29, 0.717) is 5.76 Å². The van der Waals surface area contributed by atoms with E-state index in [1.807, 2.05) is 11.0 Å². The summed E-state index contributed by atoms with van der Waals surface area (Å²) >= 11 is 0. The molecular formula is C21H27NO4S. The minimum absolute atomic E-state index is 0.126. The molecule has 146 valence electrons. The number of piperidine rings is 1. The molecule has 1 aliphatic rings. The van der Waals surface area contributed by atoms with Crippen LogP contribution in [0.3, 0.4) is 0 Å². The molecule has 5 nitrogen and oxygen atoms in total. The van der Waals surface area contributed by atoms with Crippen molar-refractivity contribution in [3.8, 4) is 0 Å². The summed E-state index contributed by atoms with van der Waals surface area (Å²) in [5.41, 5.74) is 1.32. The number of carbonyl (C=O) groups excluding carboxylic acids is 1. The fourth-order valence-electron chi connectivity index (χ4n) is 3.72. The van der Waals surface area contributed by atoms with Gasteiger partial charge in [-0.1, -0.05) is 30.3 Å². The largest absolute Gasteiger partial charge is 0.455 e. The predicted molar refractivity (Wildman–Crippen MR) is 105 cm³/mol. The number of aryl methyl sites for hydroxylation is 1. The number of nitrogens with zero attached hydrogens (tertiary/aromatic N) is 1. The number of furan rings is 1. The van der Waals surface area contributed by atoms with Crippen molar-refractivity contribution in [3.05, 3.63) is 59.5 Å². The third-order valence-corrected chi connectivity index (χ3v) is 5.82. The van der Waals surface area contributed by atoms with Gasteiger partial charge in [0.05, 0.1) is 0 Å². The highest BCUT2D eigenvalue weighted by atomic mass is 32.2. The molecule has 1 fully saturated rings. The van der Waals surface area contributed by atoms with Crippen LogP contribution in [0.2, 0.25) is 0 Å². The van der Waals surface area contributed by atoms with Gasteiger partial charge in [0, 0.05) is 18.8 Å². The molecule has 0 saturated carbocycles. The van der Waals surface area contributed by atoms with E-state index in [9.17, 15) is 13.2 Å². The van der Waals surface area contributed by atoms with Crippen LogP contribution in [-0.4, -0.2) is 38.1 Å². The van der Waals surface area contributed by atoms with E-state index in [-0.39, 0.29) is 23.5 Å². The molecule has 1 amide bonds. The lowest BCUT2D eigenvalue weighted by Crippen LogP contribution is -2.43. The smallest absolute Gasteiger partial charge is 0.289 e.